The Kier molecular flexibility index (Phi) is 5.76. The van der Waals surface area contributed by atoms with E-state index in [0.29, 0.717) is 0 Å². The van der Waals surface area contributed by atoms with Gasteiger partial charge in [-0.15, -0.1) is 0 Å². The van der Waals surface area contributed by atoms with Crippen LogP contribution in [0.15, 0.2) is 24.3 Å². The molecule has 0 aromatic heterocycles. The minimum Gasteiger partial charge on any atom is -0.379 e. The van der Waals surface area contributed by atoms with E-state index in [1.807, 2.05) is 12.1 Å². The van der Waals surface area contributed by atoms with Crippen molar-refractivity contribution in [2.75, 3.05) is 39.4 Å². The number of benzene rings is 1. The Morgan fingerprint density at radius 3 is 2.74 bits per heavy atom. The highest BCUT2D eigenvalue weighted by Crippen LogP contribution is 2.19. The number of morpholine rings is 1. The normalized spacial score (nSPS) is 18.4. The third-order valence-electron chi connectivity index (χ3n) is 3.61. The lowest BCUT2D eigenvalue weighted by molar-refractivity contribution is 0.0381. The molecule has 1 aromatic carbocycles. The fraction of sp³-hybridized carbons (Fsp3) is 0.600. The van der Waals surface area contributed by atoms with Gasteiger partial charge >= 0.3 is 0 Å². The molecule has 19 heavy (non-hydrogen) atoms. The molecule has 106 valence electrons. The van der Waals surface area contributed by atoms with Crippen LogP contribution in [0.25, 0.3) is 0 Å². The van der Waals surface area contributed by atoms with Gasteiger partial charge < -0.3 is 10.1 Å². The number of nitrogens with zero attached hydrogens (tertiary/aromatic N) is 1. The molecule has 1 unspecified atom stereocenters. The van der Waals surface area contributed by atoms with Crippen molar-refractivity contribution in [3.63, 3.8) is 0 Å². The van der Waals surface area contributed by atoms with E-state index in [9.17, 15) is 4.39 Å². The molecule has 0 amide bonds. The van der Waals surface area contributed by atoms with Crippen molar-refractivity contribution in [1.82, 2.24) is 10.2 Å². The smallest absolute Gasteiger partial charge is 0.127 e. The summed E-state index contributed by atoms with van der Waals surface area (Å²) in [5.74, 6) is -0.117. The summed E-state index contributed by atoms with van der Waals surface area (Å²) in [5, 5.41) is 3.45. The topological polar surface area (TPSA) is 24.5 Å². The van der Waals surface area contributed by atoms with Gasteiger partial charge in [0.05, 0.1) is 13.2 Å². The second-order valence-corrected chi connectivity index (χ2v) is 4.89. The Hall–Kier alpha value is -0.970. The van der Waals surface area contributed by atoms with Gasteiger partial charge in [0.25, 0.3) is 0 Å². The van der Waals surface area contributed by atoms with Crippen LogP contribution in [-0.4, -0.2) is 44.3 Å². The maximum absolute atomic E-state index is 13.7. The van der Waals surface area contributed by atoms with Crippen LogP contribution < -0.4 is 5.32 Å². The first-order valence-corrected chi connectivity index (χ1v) is 7.09. The van der Waals surface area contributed by atoms with Crippen LogP contribution in [0, 0.1) is 5.82 Å². The summed E-state index contributed by atoms with van der Waals surface area (Å²) in [5.41, 5.74) is 0.770. The van der Waals surface area contributed by atoms with Crippen LogP contribution in [0.5, 0.6) is 0 Å². The highest BCUT2D eigenvalue weighted by molar-refractivity contribution is 5.21. The summed E-state index contributed by atoms with van der Waals surface area (Å²) in [7, 11) is 0. The van der Waals surface area contributed by atoms with Gasteiger partial charge in [0.2, 0.25) is 0 Å². The maximum Gasteiger partial charge on any atom is 0.127 e. The zero-order valence-electron chi connectivity index (χ0n) is 11.6. The lowest BCUT2D eigenvalue weighted by atomic mass is 10.0. The molecule has 1 fully saturated rings. The van der Waals surface area contributed by atoms with Crippen LogP contribution in [0.4, 0.5) is 4.39 Å². The summed E-state index contributed by atoms with van der Waals surface area (Å²) in [6, 6.07) is 7.12. The standard InChI is InChI=1S/C15H23FN2O/c1-2-15(13-5-3-4-6-14(13)16)17-7-8-18-9-11-19-12-10-18/h3-6,15,17H,2,7-12H2,1H3. The minimum atomic E-state index is -0.117. The fourth-order valence-electron chi connectivity index (χ4n) is 2.45. The van der Waals surface area contributed by atoms with Crippen molar-refractivity contribution >= 4 is 0 Å². The molecule has 1 aliphatic rings. The Labute approximate surface area is 114 Å². The van der Waals surface area contributed by atoms with Gasteiger partial charge in [0.1, 0.15) is 5.82 Å². The fourth-order valence-corrected chi connectivity index (χ4v) is 2.45. The third-order valence-corrected chi connectivity index (χ3v) is 3.61. The number of halogens is 1. The summed E-state index contributed by atoms with van der Waals surface area (Å²) in [6.07, 6.45) is 0.893. The van der Waals surface area contributed by atoms with Crippen molar-refractivity contribution < 1.29 is 9.13 Å². The van der Waals surface area contributed by atoms with Gasteiger partial charge in [-0.3, -0.25) is 4.90 Å². The Morgan fingerprint density at radius 1 is 1.32 bits per heavy atom. The summed E-state index contributed by atoms with van der Waals surface area (Å²) < 4.78 is 19.1. The molecule has 1 aliphatic heterocycles. The van der Waals surface area contributed by atoms with E-state index in [4.69, 9.17) is 4.74 Å². The van der Waals surface area contributed by atoms with Gasteiger partial charge in [-0.2, -0.15) is 0 Å². The first-order chi connectivity index (χ1) is 9.31. The number of ether oxygens (including phenoxy) is 1. The molecule has 1 saturated heterocycles. The number of hydrogen-bond donors (Lipinski definition) is 1. The van der Waals surface area contributed by atoms with Crippen LogP contribution in [-0.2, 0) is 4.74 Å². The highest BCUT2D eigenvalue weighted by atomic mass is 19.1. The lowest BCUT2D eigenvalue weighted by Crippen LogP contribution is -2.40. The first-order valence-electron chi connectivity index (χ1n) is 7.09. The van der Waals surface area contributed by atoms with E-state index in [1.54, 1.807) is 6.07 Å². The van der Waals surface area contributed by atoms with Gasteiger partial charge in [-0.1, -0.05) is 25.1 Å². The first kappa shape index (κ1) is 14.4. The van der Waals surface area contributed by atoms with E-state index < -0.39 is 0 Å². The van der Waals surface area contributed by atoms with Crippen molar-refractivity contribution in [2.24, 2.45) is 0 Å². The number of hydrogen-bond acceptors (Lipinski definition) is 3. The van der Waals surface area contributed by atoms with Crippen molar-refractivity contribution in [2.45, 2.75) is 19.4 Å². The van der Waals surface area contributed by atoms with Crippen molar-refractivity contribution in [3.05, 3.63) is 35.6 Å². The molecule has 2 rings (SSSR count). The highest BCUT2D eigenvalue weighted by Gasteiger charge is 2.14. The SMILES string of the molecule is CCC(NCCN1CCOCC1)c1ccccc1F. The molecule has 1 N–H and O–H groups in total. The molecular formula is C15H23FN2O. The summed E-state index contributed by atoms with van der Waals surface area (Å²) in [4.78, 5) is 2.38. The Morgan fingerprint density at radius 2 is 2.05 bits per heavy atom. The molecule has 0 spiro atoms. The number of nitrogens with one attached hydrogen (secondary N) is 1. The zero-order chi connectivity index (χ0) is 13.5. The van der Waals surface area contributed by atoms with E-state index >= 15 is 0 Å². The largest absolute Gasteiger partial charge is 0.379 e. The Balaban J connectivity index is 1.81. The monoisotopic (exact) mass is 266 g/mol. The van der Waals surface area contributed by atoms with Gasteiger partial charge in [-0.05, 0) is 12.5 Å². The molecule has 0 saturated carbocycles. The molecule has 3 nitrogen and oxygen atoms in total. The molecule has 0 aliphatic carbocycles. The molecule has 4 heteroatoms. The predicted octanol–water partition coefficient (Wildman–Crippen LogP) is 2.20. The van der Waals surface area contributed by atoms with Gasteiger partial charge in [-0.25, -0.2) is 4.39 Å². The Bertz CT molecular complexity index is 380. The summed E-state index contributed by atoms with van der Waals surface area (Å²) in [6.45, 7) is 7.60. The molecule has 0 bridgehead atoms. The van der Waals surface area contributed by atoms with Crippen molar-refractivity contribution in [3.8, 4) is 0 Å². The van der Waals surface area contributed by atoms with E-state index in [-0.39, 0.29) is 11.9 Å². The molecule has 1 heterocycles. The van der Waals surface area contributed by atoms with E-state index in [0.717, 1.165) is 51.4 Å². The van der Waals surface area contributed by atoms with Crippen LogP contribution in [0.1, 0.15) is 24.9 Å². The molecule has 0 radical (unpaired) electrons. The maximum atomic E-state index is 13.7. The average Bonchev–Trinajstić information content (AvgIpc) is 2.46. The van der Waals surface area contributed by atoms with E-state index in [2.05, 4.69) is 17.1 Å². The molecule has 1 aromatic rings. The van der Waals surface area contributed by atoms with Gasteiger partial charge in [0, 0.05) is 37.8 Å². The predicted molar refractivity (Wildman–Crippen MR) is 74.7 cm³/mol. The van der Waals surface area contributed by atoms with Crippen LogP contribution in [0.2, 0.25) is 0 Å². The minimum absolute atomic E-state index is 0.0993. The second kappa shape index (κ2) is 7.58. The van der Waals surface area contributed by atoms with Gasteiger partial charge in [0.15, 0.2) is 0 Å². The molecular weight excluding hydrogens is 243 g/mol. The van der Waals surface area contributed by atoms with Crippen molar-refractivity contribution in [1.29, 1.82) is 0 Å². The van der Waals surface area contributed by atoms with Crippen LogP contribution >= 0.6 is 0 Å². The lowest BCUT2D eigenvalue weighted by Gasteiger charge is -2.27. The van der Waals surface area contributed by atoms with E-state index in [1.165, 1.54) is 6.07 Å². The zero-order valence-corrected chi connectivity index (χ0v) is 11.6. The quantitative estimate of drug-likeness (QED) is 0.854. The second-order valence-electron chi connectivity index (χ2n) is 4.89. The average molecular weight is 266 g/mol. The summed E-state index contributed by atoms with van der Waals surface area (Å²) >= 11 is 0. The number of rotatable bonds is 6. The van der Waals surface area contributed by atoms with Crippen LogP contribution in [0.3, 0.4) is 0 Å². The third kappa shape index (κ3) is 4.27. The molecule has 1 atom stereocenters.